The van der Waals surface area contributed by atoms with Crippen molar-refractivity contribution >= 4 is 38.4 Å². The number of sulfonamides is 1. The van der Waals surface area contributed by atoms with Gasteiger partial charge in [0.2, 0.25) is 0 Å². The van der Waals surface area contributed by atoms with Crippen LogP contribution in [0.2, 0.25) is 5.02 Å². The lowest BCUT2D eigenvalue weighted by atomic mass is 10.0. The number of nitrogens with zero attached hydrogens (tertiary/aromatic N) is 1. The Bertz CT molecular complexity index is 1330. The van der Waals surface area contributed by atoms with E-state index in [1.54, 1.807) is 49.6 Å². The van der Waals surface area contributed by atoms with Crippen molar-refractivity contribution in [2.45, 2.75) is 4.90 Å². The van der Waals surface area contributed by atoms with Gasteiger partial charge in [0.15, 0.2) is 5.69 Å². The Hall–Kier alpha value is -3.36. The first-order chi connectivity index (χ1) is 14.4. The molecule has 0 saturated carbocycles. The van der Waals surface area contributed by atoms with E-state index in [1.807, 2.05) is 12.1 Å². The van der Waals surface area contributed by atoms with Crippen LogP contribution in [0.1, 0.15) is 10.5 Å². The molecule has 0 fully saturated rings. The summed E-state index contributed by atoms with van der Waals surface area (Å²) in [5, 5.41) is 7.63. The van der Waals surface area contributed by atoms with Crippen LogP contribution < -0.4 is 9.46 Å². The van der Waals surface area contributed by atoms with Crippen LogP contribution in [0, 0.1) is 0 Å². The molecule has 2 N–H and O–H groups in total. The molecule has 0 spiro atoms. The fourth-order valence-electron chi connectivity index (χ4n) is 3.03. The zero-order valence-electron chi connectivity index (χ0n) is 15.7. The first-order valence-corrected chi connectivity index (χ1v) is 10.7. The van der Waals surface area contributed by atoms with Crippen LogP contribution >= 0.6 is 11.6 Å². The third kappa shape index (κ3) is 3.74. The zero-order valence-corrected chi connectivity index (χ0v) is 17.3. The van der Waals surface area contributed by atoms with Crippen molar-refractivity contribution in [3.63, 3.8) is 0 Å². The van der Waals surface area contributed by atoms with E-state index in [1.165, 1.54) is 12.1 Å². The Morgan fingerprint density at radius 1 is 1.07 bits per heavy atom. The van der Waals surface area contributed by atoms with E-state index in [9.17, 15) is 13.2 Å². The van der Waals surface area contributed by atoms with Crippen molar-refractivity contribution in [1.82, 2.24) is 14.9 Å². The molecular formula is C21H16ClN3O4S. The number of hydrogen-bond acceptors (Lipinski definition) is 5. The van der Waals surface area contributed by atoms with Gasteiger partial charge in [0.05, 0.1) is 22.5 Å². The minimum atomic E-state index is -4.03. The third-order valence-corrected chi connectivity index (χ3v) is 6.21. The maximum absolute atomic E-state index is 12.7. The molecule has 3 aromatic carbocycles. The van der Waals surface area contributed by atoms with Crippen molar-refractivity contribution < 1.29 is 17.9 Å². The summed E-state index contributed by atoms with van der Waals surface area (Å²) in [7, 11) is -2.45. The molecule has 4 aromatic rings. The zero-order chi connectivity index (χ0) is 21.3. The number of H-pyrrole nitrogens is 1. The molecule has 30 heavy (non-hydrogen) atoms. The van der Waals surface area contributed by atoms with E-state index in [0.717, 1.165) is 5.56 Å². The molecule has 0 atom stereocenters. The number of nitrogens with one attached hydrogen (secondary N) is 2. The third-order valence-electron chi connectivity index (χ3n) is 4.55. The summed E-state index contributed by atoms with van der Waals surface area (Å²) in [6.45, 7) is 0. The summed E-state index contributed by atoms with van der Waals surface area (Å²) in [6, 6.07) is 18.3. The maximum Gasteiger partial charge on any atom is 0.286 e. The quantitative estimate of drug-likeness (QED) is 0.487. The van der Waals surface area contributed by atoms with Crippen molar-refractivity contribution in [3.05, 3.63) is 77.4 Å². The molecule has 0 saturated heterocycles. The predicted molar refractivity (Wildman–Crippen MR) is 114 cm³/mol. The highest BCUT2D eigenvalue weighted by atomic mass is 35.5. The monoisotopic (exact) mass is 441 g/mol. The Kier molecular flexibility index (Phi) is 5.19. The molecule has 0 unspecified atom stereocenters. The summed E-state index contributed by atoms with van der Waals surface area (Å²) in [5.41, 5.74) is 1.95. The molecule has 1 aromatic heterocycles. The molecule has 4 rings (SSSR count). The average Bonchev–Trinajstić information content (AvgIpc) is 3.16. The Balaban J connectivity index is 1.72. The minimum absolute atomic E-state index is 0.0137. The number of aromatic nitrogens is 2. The molecule has 0 radical (unpaired) electrons. The molecule has 0 bridgehead atoms. The minimum Gasteiger partial charge on any atom is -0.497 e. The standard InChI is InChI=1S/C21H16ClN3O4S/c1-29-14-9-7-13(8-10-14)16-11-17-19(12-18(16)22)23-24-20(17)21(26)25-30(27,28)15-5-3-2-4-6-15/h2-12H,1H3,(H,23,24)(H,25,26). The second-order valence-electron chi connectivity index (χ2n) is 6.43. The van der Waals surface area contributed by atoms with Crippen LogP contribution in [0.3, 0.4) is 0 Å². The molecular weight excluding hydrogens is 426 g/mol. The van der Waals surface area contributed by atoms with Crippen LogP contribution in [-0.4, -0.2) is 31.6 Å². The number of aromatic amines is 1. The number of amides is 1. The molecule has 7 nitrogen and oxygen atoms in total. The number of ether oxygens (including phenoxy) is 1. The highest BCUT2D eigenvalue weighted by molar-refractivity contribution is 7.90. The second kappa shape index (κ2) is 7.81. The summed E-state index contributed by atoms with van der Waals surface area (Å²) in [6.07, 6.45) is 0. The van der Waals surface area contributed by atoms with Gasteiger partial charge in [-0.1, -0.05) is 41.9 Å². The molecule has 1 amide bonds. The van der Waals surface area contributed by atoms with Gasteiger partial charge in [-0.3, -0.25) is 9.89 Å². The molecule has 0 aliphatic heterocycles. The maximum atomic E-state index is 12.7. The number of fused-ring (bicyclic) bond motifs is 1. The lowest BCUT2D eigenvalue weighted by molar-refractivity contribution is 0.0978. The normalized spacial score (nSPS) is 11.4. The van der Waals surface area contributed by atoms with Crippen LogP contribution in [0.4, 0.5) is 0 Å². The number of carbonyl (C=O) groups excluding carboxylic acids is 1. The topological polar surface area (TPSA) is 101 Å². The van der Waals surface area contributed by atoms with Gasteiger partial charge >= 0.3 is 0 Å². The molecule has 9 heteroatoms. The van der Waals surface area contributed by atoms with Crippen molar-refractivity contribution in [1.29, 1.82) is 0 Å². The smallest absolute Gasteiger partial charge is 0.286 e. The molecule has 0 aliphatic carbocycles. The van der Waals surface area contributed by atoms with Gasteiger partial charge in [-0.2, -0.15) is 5.10 Å². The van der Waals surface area contributed by atoms with Gasteiger partial charge in [0.1, 0.15) is 5.75 Å². The highest BCUT2D eigenvalue weighted by Crippen LogP contribution is 2.33. The van der Waals surface area contributed by atoms with Crippen molar-refractivity contribution in [2.24, 2.45) is 0 Å². The molecule has 1 heterocycles. The van der Waals surface area contributed by atoms with Crippen LogP contribution in [0.15, 0.2) is 71.6 Å². The van der Waals surface area contributed by atoms with Gasteiger partial charge in [-0.15, -0.1) is 0 Å². The predicted octanol–water partition coefficient (Wildman–Crippen LogP) is 4.01. The number of halogens is 1. The van der Waals surface area contributed by atoms with Crippen LogP contribution in [-0.2, 0) is 10.0 Å². The number of benzene rings is 3. The Labute approximate surface area is 177 Å². The van der Waals surface area contributed by atoms with E-state index in [0.29, 0.717) is 27.2 Å². The number of rotatable bonds is 5. The van der Waals surface area contributed by atoms with Gasteiger partial charge in [0.25, 0.3) is 15.9 Å². The summed E-state index contributed by atoms with van der Waals surface area (Å²) in [5.74, 6) is -0.140. The largest absolute Gasteiger partial charge is 0.497 e. The van der Waals surface area contributed by atoms with Gasteiger partial charge in [0, 0.05) is 10.9 Å². The SMILES string of the molecule is COc1ccc(-c2cc3c(C(=O)NS(=O)(=O)c4ccccc4)n[nH]c3cc2Cl)cc1. The summed E-state index contributed by atoms with van der Waals surface area (Å²) < 4.78 is 32.2. The summed E-state index contributed by atoms with van der Waals surface area (Å²) >= 11 is 6.41. The first-order valence-electron chi connectivity index (χ1n) is 8.83. The van der Waals surface area contributed by atoms with Crippen LogP contribution in [0.5, 0.6) is 5.75 Å². The van der Waals surface area contributed by atoms with Gasteiger partial charge in [-0.25, -0.2) is 13.1 Å². The van der Waals surface area contributed by atoms with Gasteiger partial charge < -0.3 is 4.74 Å². The van der Waals surface area contributed by atoms with E-state index in [-0.39, 0.29) is 10.6 Å². The van der Waals surface area contributed by atoms with Crippen molar-refractivity contribution in [3.8, 4) is 16.9 Å². The van der Waals surface area contributed by atoms with E-state index < -0.39 is 15.9 Å². The van der Waals surface area contributed by atoms with E-state index in [2.05, 4.69) is 14.9 Å². The Morgan fingerprint density at radius 2 is 1.77 bits per heavy atom. The average molecular weight is 442 g/mol. The number of carbonyl (C=O) groups is 1. The fraction of sp³-hybridized carbons (Fsp3) is 0.0476. The van der Waals surface area contributed by atoms with Crippen LogP contribution in [0.25, 0.3) is 22.0 Å². The summed E-state index contributed by atoms with van der Waals surface area (Å²) in [4.78, 5) is 12.7. The van der Waals surface area contributed by atoms with E-state index >= 15 is 0 Å². The first kappa shape index (κ1) is 19.9. The highest BCUT2D eigenvalue weighted by Gasteiger charge is 2.23. The number of hydrogen-bond donors (Lipinski definition) is 2. The molecule has 152 valence electrons. The van der Waals surface area contributed by atoms with Crippen molar-refractivity contribution in [2.75, 3.05) is 7.11 Å². The lowest BCUT2D eigenvalue weighted by Gasteiger charge is -2.08. The fourth-order valence-corrected chi connectivity index (χ4v) is 4.28. The second-order valence-corrected chi connectivity index (χ2v) is 8.52. The Morgan fingerprint density at radius 3 is 2.43 bits per heavy atom. The molecule has 0 aliphatic rings. The lowest BCUT2D eigenvalue weighted by Crippen LogP contribution is -2.30. The number of methoxy groups -OCH3 is 1. The van der Waals surface area contributed by atoms with Gasteiger partial charge in [-0.05, 0) is 42.0 Å². The van der Waals surface area contributed by atoms with E-state index in [4.69, 9.17) is 16.3 Å².